The van der Waals surface area contributed by atoms with Crippen molar-refractivity contribution in [3.63, 3.8) is 0 Å². The third-order valence-corrected chi connectivity index (χ3v) is 4.43. The van der Waals surface area contributed by atoms with Crippen molar-refractivity contribution in [2.24, 2.45) is 16.7 Å². The van der Waals surface area contributed by atoms with Gasteiger partial charge in [0, 0.05) is 13.0 Å². The Labute approximate surface area is 156 Å². The zero-order valence-corrected chi connectivity index (χ0v) is 18.0. The molecule has 0 aliphatic carbocycles. The van der Waals surface area contributed by atoms with E-state index >= 15 is 0 Å². The molecule has 0 saturated heterocycles. The predicted octanol–water partition coefficient (Wildman–Crippen LogP) is 7.04. The van der Waals surface area contributed by atoms with Crippen LogP contribution in [0.2, 0.25) is 0 Å². The molecule has 0 radical (unpaired) electrons. The van der Waals surface area contributed by atoms with E-state index < -0.39 is 0 Å². The molecule has 0 aromatic heterocycles. The molecule has 0 amide bonds. The molecule has 0 bridgehead atoms. The second kappa shape index (κ2) is 9.07. The maximum atomic E-state index is 6.06. The van der Waals surface area contributed by atoms with Crippen molar-refractivity contribution in [1.29, 1.82) is 0 Å². The van der Waals surface area contributed by atoms with E-state index in [1.54, 1.807) is 0 Å². The third-order valence-electron chi connectivity index (χ3n) is 4.43. The largest absolute Gasteiger partial charge is 0.465 e. The quantitative estimate of drug-likeness (QED) is 0.469. The summed E-state index contributed by atoms with van der Waals surface area (Å²) in [5.74, 6) is 1.97. The summed E-state index contributed by atoms with van der Waals surface area (Å²) < 4.78 is 11.8. The molecule has 2 atom stereocenters. The average Bonchev–Trinajstić information content (AvgIpc) is 2.43. The van der Waals surface area contributed by atoms with Gasteiger partial charge in [-0.2, -0.15) is 0 Å². The summed E-state index contributed by atoms with van der Waals surface area (Å²) in [4.78, 5) is 0. The summed E-state index contributed by atoms with van der Waals surface area (Å²) in [6.45, 7) is 21.0. The van der Waals surface area contributed by atoms with Crippen LogP contribution >= 0.6 is 0 Å². The maximum absolute atomic E-state index is 6.06. The van der Waals surface area contributed by atoms with Crippen LogP contribution in [0.1, 0.15) is 86.6 Å². The smallest absolute Gasteiger partial charge is 0.200 e. The highest BCUT2D eigenvalue weighted by atomic mass is 16.7. The standard InChI is InChI=1S/C23H40O2/c1-10-24-21(15-17(2)3)25-19-13-11-18(12-14-19)20(23(7,8)9)16-22(4,5)6/h11-14,17,20-21H,10,15-16H2,1-9H3. The summed E-state index contributed by atoms with van der Waals surface area (Å²) >= 11 is 0. The highest BCUT2D eigenvalue weighted by Gasteiger charge is 2.30. The minimum atomic E-state index is -0.163. The first-order chi connectivity index (χ1) is 11.4. The Kier molecular flexibility index (Phi) is 7.99. The van der Waals surface area contributed by atoms with E-state index in [9.17, 15) is 0 Å². The van der Waals surface area contributed by atoms with Gasteiger partial charge in [0.15, 0.2) is 6.29 Å². The van der Waals surface area contributed by atoms with E-state index in [1.807, 2.05) is 6.92 Å². The van der Waals surface area contributed by atoms with Gasteiger partial charge in [-0.15, -0.1) is 0 Å². The monoisotopic (exact) mass is 348 g/mol. The average molecular weight is 349 g/mol. The Morgan fingerprint density at radius 2 is 1.48 bits per heavy atom. The topological polar surface area (TPSA) is 18.5 Å². The summed E-state index contributed by atoms with van der Waals surface area (Å²) in [5.41, 5.74) is 1.94. The van der Waals surface area contributed by atoms with Gasteiger partial charge in [-0.25, -0.2) is 0 Å². The van der Waals surface area contributed by atoms with Crippen molar-refractivity contribution in [3.05, 3.63) is 29.8 Å². The van der Waals surface area contributed by atoms with E-state index in [0.717, 1.165) is 12.2 Å². The lowest BCUT2D eigenvalue weighted by Crippen LogP contribution is -2.24. The summed E-state index contributed by atoms with van der Waals surface area (Å²) in [6.07, 6.45) is 1.92. The molecule has 1 aromatic carbocycles. The van der Waals surface area contributed by atoms with Crippen LogP contribution in [0.25, 0.3) is 0 Å². The Hall–Kier alpha value is -1.02. The fourth-order valence-electron chi connectivity index (χ4n) is 3.19. The van der Waals surface area contributed by atoms with Gasteiger partial charge in [-0.3, -0.25) is 0 Å². The van der Waals surface area contributed by atoms with Crippen molar-refractivity contribution in [1.82, 2.24) is 0 Å². The highest BCUT2D eigenvalue weighted by molar-refractivity contribution is 5.30. The molecule has 0 saturated carbocycles. The molecule has 25 heavy (non-hydrogen) atoms. The molecule has 0 fully saturated rings. The van der Waals surface area contributed by atoms with Gasteiger partial charge in [-0.1, -0.05) is 67.5 Å². The molecular weight excluding hydrogens is 308 g/mol. The number of rotatable bonds is 8. The Balaban J connectivity index is 2.91. The van der Waals surface area contributed by atoms with Crippen LogP contribution in [0, 0.1) is 16.7 Å². The third kappa shape index (κ3) is 8.27. The molecule has 0 aliphatic heterocycles. The van der Waals surface area contributed by atoms with Gasteiger partial charge in [0.1, 0.15) is 5.75 Å². The molecule has 2 heteroatoms. The molecule has 0 heterocycles. The maximum Gasteiger partial charge on any atom is 0.200 e. The lowest BCUT2D eigenvalue weighted by Gasteiger charge is -2.36. The molecule has 2 unspecified atom stereocenters. The summed E-state index contributed by atoms with van der Waals surface area (Å²) in [7, 11) is 0. The lowest BCUT2D eigenvalue weighted by molar-refractivity contribution is -0.0859. The summed E-state index contributed by atoms with van der Waals surface area (Å²) in [6, 6.07) is 8.66. The molecule has 1 aromatic rings. The van der Waals surface area contributed by atoms with E-state index in [-0.39, 0.29) is 11.7 Å². The van der Waals surface area contributed by atoms with Crippen LogP contribution in [0.15, 0.2) is 24.3 Å². The van der Waals surface area contributed by atoms with Gasteiger partial charge in [0.05, 0.1) is 0 Å². The fourth-order valence-corrected chi connectivity index (χ4v) is 3.19. The highest BCUT2D eigenvalue weighted by Crippen LogP contribution is 2.43. The van der Waals surface area contributed by atoms with Gasteiger partial charge < -0.3 is 9.47 Å². The second-order valence-corrected chi connectivity index (χ2v) is 9.88. The van der Waals surface area contributed by atoms with Crippen LogP contribution < -0.4 is 4.74 Å². The van der Waals surface area contributed by atoms with Crippen LogP contribution in [-0.4, -0.2) is 12.9 Å². The SMILES string of the molecule is CCOC(CC(C)C)Oc1ccc(C(CC(C)(C)C)C(C)(C)C)cc1. The number of benzene rings is 1. The lowest BCUT2D eigenvalue weighted by atomic mass is 9.69. The molecule has 0 spiro atoms. The van der Waals surface area contributed by atoms with Crippen molar-refractivity contribution in [2.75, 3.05) is 6.61 Å². The van der Waals surface area contributed by atoms with Crippen LogP contribution in [0.4, 0.5) is 0 Å². The first-order valence-corrected chi connectivity index (χ1v) is 9.80. The van der Waals surface area contributed by atoms with E-state index in [0.29, 0.717) is 23.9 Å². The minimum absolute atomic E-state index is 0.163. The van der Waals surface area contributed by atoms with Gasteiger partial charge in [0.2, 0.25) is 0 Å². The number of hydrogen-bond acceptors (Lipinski definition) is 2. The zero-order valence-electron chi connectivity index (χ0n) is 18.0. The van der Waals surface area contributed by atoms with E-state index in [1.165, 1.54) is 12.0 Å². The Morgan fingerprint density at radius 1 is 0.920 bits per heavy atom. The molecule has 2 nitrogen and oxygen atoms in total. The first kappa shape index (κ1) is 22.0. The predicted molar refractivity (Wildman–Crippen MR) is 108 cm³/mol. The van der Waals surface area contributed by atoms with Crippen molar-refractivity contribution in [3.8, 4) is 5.75 Å². The minimum Gasteiger partial charge on any atom is -0.465 e. The molecule has 1 rings (SSSR count). The van der Waals surface area contributed by atoms with Crippen molar-refractivity contribution < 1.29 is 9.47 Å². The number of ether oxygens (including phenoxy) is 2. The second-order valence-electron chi connectivity index (χ2n) is 9.88. The molecular formula is C23H40O2. The van der Waals surface area contributed by atoms with Crippen LogP contribution in [0.3, 0.4) is 0 Å². The Bertz CT molecular complexity index is 488. The number of hydrogen-bond donors (Lipinski definition) is 0. The zero-order chi connectivity index (χ0) is 19.3. The first-order valence-electron chi connectivity index (χ1n) is 9.80. The van der Waals surface area contributed by atoms with Crippen LogP contribution in [-0.2, 0) is 4.74 Å². The van der Waals surface area contributed by atoms with Crippen molar-refractivity contribution in [2.45, 2.75) is 87.4 Å². The normalized spacial score (nSPS) is 15.3. The fraction of sp³-hybridized carbons (Fsp3) is 0.739. The molecule has 0 N–H and O–H groups in total. The van der Waals surface area contributed by atoms with E-state index in [4.69, 9.17) is 9.47 Å². The molecule has 144 valence electrons. The van der Waals surface area contributed by atoms with Gasteiger partial charge in [0.25, 0.3) is 0 Å². The molecule has 0 aliphatic rings. The van der Waals surface area contributed by atoms with Crippen LogP contribution in [0.5, 0.6) is 5.75 Å². The Morgan fingerprint density at radius 3 is 1.88 bits per heavy atom. The van der Waals surface area contributed by atoms with Gasteiger partial charge >= 0.3 is 0 Å². The van der Waals surface area contributed by atoms with Crippen molar-refractivity contribution >= 4 is 0 Å². The van der Waals surface area contributed by atoms with Gasteiger partial charge in [-0.05, 0) is 53.7 Å². The summed E-state index contributed by atoms with van der Waals surface area (Å²) in [5, 5.41) is 0. The van der Waals surface area contributed by atoms with E-state index in [2.05, 4.69) is 79.7 Å².